The lowest BCUT2D eigenvalue weighted by atomic mass is 10.2. The zero-order valence-electron chi connectivity index (χ0n) is 10.6. The minimum atomic E-state index is -1.15. The highest BCUT2D eigenvalue weighted by Gasteiger charge is 2.25. The van der Waals surface area contributed by atoms with Gasteiger partial charge in [-0.2, -0.15) is 11.8 Å². The number of aromatic carboxylic acids is 1. The molecular weight excluding hydrogens is 268 g/mol. The van der Waals surface area contributed by atoms with Crippen LogP contribution in [0, 0.1) is 0 Å². The van der Waals surface area contributed by atoms with E-state index in [0.29, 0.717) is 5.25 Å². The van der Waals surface area contributed by atoms with E-state index in [4.69, 9.17) is 5.11 Å². The Morgan fingerprint density at radius 2 is 2.37 bits per heavy atom. The first kappa shape index (κ1) is 13.9. The Labute approximate surface area is 114 Å². The van der Waals surface area contributed by atoms with Crippen LogP contribution in [0.5, 0.6) is 0 Å². The van der Waals surface area contributed by atoms with Gasteiger partial charge in [0.05, 0.1) is 6.20 Å². The lowest BCUT2D eigenvalue weighted by Crippen LogP contribution is -2.35. The predicted octanol–water partition coefficient (Wildman–Crippen LogP) is 0.377. The van der Waals surface area contributed by atoms with Crippen molar-refractivity contribution in [3.63, 3.8) is 0 Å². The largest absolute Gasteiger partial charge is 0.476 e. The fraction of sp³-hybridized carbons (Fsp3) is 0.636. The van der Waals surface area contributed by atoms with Gasteiger partial charge in [-0.15, -0.1) is 5.10 Å². The van der Waals surface area contributed by atoms with Gasteiger partial charge in [0.1, 0.15) is 6.54 Å². The smallest absolute Gasteiger partial charge is 0.358 e. The first-order valence-corrected chi connectivity index (χ1v) is 7.33. The Balaban J connectivity index is 1.82. The summed E-state index contributed by atoms with van der Waals surface area (Å²) in [5, 5.41) is 19.3. The van der Waals surface area contributed by atoms with Crippen LogP contribution in [0.1, 0.15) is 29.8 Å². The number of aromatic nitrogens is 3. The van der Waals surface area contributed by atoms with Gasteiger partial charge >= 0.3 is 5.97 Å². The molecule has 2 unspecified atom stereocenters. The highest BCUT2D eigenvalue weighted by Crippen LogP contribution is 2.27. The molecule has 7 nitrogen and oxygen atoms in total. The van der Waals surface area contributed by atoms with Gasteiger partial charge in [0.25, 0.3) is 0 Å². The van der Waals surface area contributed by atoms with E-state index in [0.717, 1.165) is 19.3 Å². The molecule has 8 heteroatoms. The van der Waals surface area contributed by atoms with E-state index in [2.05, 4.69) is 21.9 Å². The Bertz CT molecular complexity index is 476. The lowest BCUT2D eigenvalue weighted by molar-refractivity contribution is -0.122. The molecular formula is C11H16N4O3S. The summed E-state index contributed by atoms with van der Waals surface area (Å²) < 4.78 is 1.24. The van der Waals surface area contributed by atoms with Crippen molar-refractivity contribution >= 4 is 23.6 Å². The first-order chi connectivity index (χ1) is 9.08. The number of hydrogen-bond acceptors (Lipinski definition) is 5. The number of rotatable bonds is 5. The van der Waals surface area contributed by atoms with Crippen LogP contribution in [0.3, 0.4) is 0 Å². The second-order valence-corrected chi connectivity index (χ2v) is 5.68. The minimum absolute atomic E-state index is 0.000709. The molecule has 2 rings (SSSR count). The van der Waals surface area contributed by atoms with E-state index in [-0.39, 0.29) is 24.2 Å². The van der Waals surface area contributed by atoms with Crippen LogP contribution in [-0.2, 0) is 11.3 Å². The maximum Gasteiger partial charge on any atom is 0.358 e. The van der Waals surface area contributed by atoms with Crippen molar-refractivity contribution < 1.29 is 14.7 Å². The molecule has 1 fully saturated rings. The zero-order chi connectivity index (χ0) is 13.8. The number of amides is 1. The minimum Gasteiger partial charge on any atom is -0.476 e. The quantitative estimate of drug-likeness (QED) is 0.811. The van der Waals surface area contributed by atoms with Crippen LogP contribution in [0.25, 0.3) is 0 Å². The molecule has 1 aromatic heterocycles. The van der Waals surface area contributed by atoms with Crippen LogP contribution >= 0.6 is 11.8 Å². The maximum absolute atomic E-state index is 11.8. The lowest BCUT2D eigenvalue weighted by Gasteiger charge is -2.12. The molecule has 0 saturated heterocycles. The number of nitrogens with one attached hydrogen (secondary N) is 1. The van der Waals surface area contributed by atoms with Crippen molar-refractivity contribution in [2.24, 2.45) is 0 Å². The highest BCUT2D eigenvalue weighted by molar-refractivity contribution is 7.99. The highest BCUT2D eigenvalue weighted by atomic mass is 32.2. The normalized spacial score (nSPS) is 22.4. The molecule has 0 aliphatic heterocycles. The number of thioether (sulfide) groups is 1. The fourth-order valence-electron chi connectivity index (χ4n) is 2.18. The molecule has 0 spiro atoms. The van der Waals surface area contributed by atoms with E-state index in [1.807, 2.05) is 11.8 Å². The van der Waals surface area contributed by atoms with Crippen molar-refractivity contribution in [3.05, 3.63) is 11.9 Å². The average molecular weight is 284 g/mol. The molecule has 1 aliphatic carbocycles. The topological polar surface area (TPSA) is 97.1 Å². The number of carboxylic acids is 1. The first-order valence-electron chi connectivity index (χ1n) is 6.04. The van der Waals surface area contributed by atoms with E-state index < -0.39 is 5.97 Å². The monoisotopic (exact) mass is 284 g/mol. The number of nitrogens with zero attached hydrogens (tertiary/aromatic N) is 3. The molecule has 19 heavy (non-hydrogen) atoms. The predicted molar refractivity (Wildman–Crippen MR) is 70.1 cm³/mol. The Morgan fingerprint density at radius 1 is 1.58 bits per heavy atom. The molecule has 1 amide bonds. The molecule has 0 radical (unpaired) electrons. The summed E-state index contributed by atoms with van der Waals surface area (Å²) >= 11 is 1.83. The number of carboxylic acid groups (broad SMARTS) is 1. The van der Waals surface area contributed by atoms with Crippen molar-refractivity contribution in [1.29, 1.82) is 0 Å². The Morgan fingerprint density at radius 3 is 2.95 bits per heavy atom. The van der Waals surface area contributed by atoms with Gasteiger partial charge in [-0.1, -0.05) is 5.21 Å². The molecule has 1 saturated carbocycles. The number of hydrogen-bond donors (Lipinski definition) is 2. The summed E-state index contributed by atoms with van der Waals surface area (Å²) in [7, 11) is 0. The number of carbonyl (C=O) groups excluding carboxylic acids is 1. The van der Waals surface area contributed by atoms with Gasteiger partial charge in [-0.3, -0.25) is 4.79 Å². The summed E-state index contributed by atoms with van der Waals surface area (Å²) in [5.74, 6) is -1.31. The van der Waals surface area contributed by atoms with Crippen LogP contribution in [0.15, 0.2) is 6.20 Å². The second-order valence-electron chi connectivity index (χ2n) is 4.54. The Hall–Kier alpha value is -1.57. The summed E-state index contributed by atoms with van der Waals surface area (Å²) in [6.45, 7) is 0.000709. The molecule has 1 aliphatic rings. The Kier molecular flexibility index (Phi) is 4.41. The average Bonchev–Trinajstić information content (AvgIpc) is 2.98. The van der Waals surface area contributed by atoms with E-state index >= 15 is 0 Å². The van der Waals surface area contributed by atoms with Crippen LogP contribution < -0.4 is 5.32 Å². The third kappa shape index (κ3) is 3.69. The summed E-state index contributed by atoms with van der Waals surface area (Å²) in [5.41, 5.74) is -0.156. The van der Waals surface area contributed by atoms with Crippen molar-refractivity contribution in [2.75, 3.05) is 6.26 Å². The third-order valence-electron chi connectivity index (χ3n) is 3.15. The maximum atomic E-state index is 11.8. The van der Waals surface area contributed by atoms with Crippen LogP contribution in [-0.4, -0.2) is 49.5 Å². The van der Waals surface area contributed by atoms with E-state index in [1.165, 1.54) is 10.9 Å². The molecule has 1 aromatic rings. The van der Waals surface area contributed by atoms with Crippen LogP contribution in [0.2, 0.25) is 0 Å². The van der Waals surface area contributed by atoms with Gasteiger partial charge < -0.3 is 10.4 Å². The number of carbonyl (C=O) groups is 2. The van der Waals surface area contributed by atoms with Gasteiger partial charge in [0, 0.05) is 11.3 Å². The third-order valence-corrected chi connectivity index (χ3v) is 4.24. The SMILES string of the molecule is CSC1CCC(NC(=O)Cn2cc(C(=O)O)nn2)C1. The van der Waals surface area contributed by atoms with Gasteiger partial charge in [0.15, 0.2) is 5.69 Å². The molecule has 2 atom stereocenters. The molecule has 104 valence electrons. The van der Waals surface area contributed by atoms with E-state index in [9.17, 15) is 9.59 Å². The summed E-state index contributed by atoms with van der Waals surface area (Å²) in [4.78, 5) is 22.4. The van der Waals surface area contributed by atoms with Gasteiger partial charge in [0.2, 0.25) is 5.91 Å². The fourth-order valence-corrected chi connectivity index (χ4v) is 2.98. The molecule has 1 heterocycles. The van der Waals surface area contributed by atoms with Crippen molar-refractivity contribution in [1.82, 2.24) is 20.3 Å². The zero-order valence-corrected chi connectivity index (χ0v) is 11.4. The van der Waals surface area contributed by atoms with Gasteiger partial charge in [-0.25, -0.2) is 9.48 Å². The van der Waals surface area contributed by atoms with E-state index in [1.54, 1.807) is 0 Å². The molecule has 2 N–H and O–H groups in total. The van der Waals surface area contributed by atoms with Crippen LogP contribution in [0.4, 0.5) is 0 Å². The standard InChI is InChI=1S/C11H16N4O3S/c1-19-8-3-2-7(4-8)12-10(16)6-15-5-9(11(17)18)13-14-15/h5,7-8H,2-4,6H2,1H3,(H,12,16)(H,17,18). The van der Waals surface area contributed by atoms with Crippen molar-refractivity contribution in [3.8, 4) is 0 Å². The molecule has 0 aromatic carbocycles. The summed E-state index contributed by atoms with van der Waals surface area (Å²) in [6, 6.07) is 0.215. The van der Waals surface area contributed by atoms with Crippen molar-refractivity contribution in [2.45, 2.75) is 37.1 Å². The van der Waals surface area contributed by atoms with Gasteiger partial charge in [-0.05, 0) is 25.5 Å². The second kappa shape index (κ2) is 6.05. The molecule has 0 bridgehead atoms. The summed E-state index contributed by atoms with van der Waals surface area (Å²) in [6.07, 6.45) is 6.44.